The molecule has 0 saturated heterocycles. The van der Waals surface area contributed by atoms with E-state index in [1.807, 2.05) is 31.2 Å². The molecule has 170 valence electrons. The van der Waals surface area contributed by atoms with Crippen LogP contribution in [-0.2, 0) is 9.59 Å². The third kappa shape index (κ3) is 4.88. The van der Waals surface area contributed by atoms with Crippen molar-refractivity contribution in [2.24, 2.45) is 5.92 Å². The Balaban J connectivity index is 1.98. The highest BCUT2D eigenvalue weighted by atomic mass is 16.5. The Kier molecular flexibility index (Phi) is 7.41. The molecule has 0 spiro atoms. The predicted octanol–water partition coefficient (Wildman–Crippen LogP) is 4.34. The fraction of sp³-hybridized carbons (Fsp3) is 0.360. The Morgan fingerprint density at radius 3 is 2.22 bits per heavy atom. The molecular formula is C25H30N2O5. The molecule has 7 heteroatoms. The lowest BCUT2D eigenvalue weighted by Gasteiger charge is -2.14. The molecule has 0 fully saturated rings. The first-order valence-electron chi connectivity index (χ1n) is 10.7. The maximum absolute atomic E-state index is 13.2. The van der Waals surface area contributed by atoms with Crippen molar-refractivity contribution < 1.29 is 23.8 Å². The molecule has 0 atom stereocenters. The van der Waals surface area contributed by atoms with Gasteiger partial charge in [-0.1, -0.05) is 32.9 Å². The number of imide groups is 1. The second-order valence-electron chi connectivity index (χ2n) is 7.94. The van der Waals surface area contributed by atoms with Crippen molar-refractivity contribution in [2.45, 2.75) is 27.2 Å². The minimum absolute atomic E-state index is 0.242. The van der Waals surface area contributed by atoms with Crippen molar-refractivity contribution in [3.05, 3.63) is 53.7 Å². The van der Waals surface area contributed by atoms with Crippen LogP contribution in [0.15, 0.2) is 48.2 Å². The number of nitrogens with zero attached hydrogens (tertiary/aromatic N) is 1. The second-order valence-corrected chi connectivity index (χ2v) is 7.94. The quantitative estimate of drug-likeness (QED) is 0.556. The second kappa shape index (κ2) is 10.2. The average molecular weight is 439 g/mol. The topological polar surface area (TPSA) is 77.1 Å². The van der Waals surface area contributed by atoms with Gasteiger partial charge in [-0.2, -0.15) is 0 Å². The number of carbonyl (C=O) groups excluding carboxylic acids is 2. The van der Waals surface area contributed by atoms with E-state index in [0.29, 0.717) is 53.8 Å². The summed E-state index contributed by atoms with van der Waals surface area (Å²) in [6, 6.07) is 12.5. The third-order valence-electron chi connectivity index (χ3n) is 4.99. The molecule has 0 aliphatic carbocycles. The summed E-state index contributed by atoms with van der Waals surface area (Å²) >= 11 is 0. The predicted molar refractivity (Wildman–Crippen MR) is 124 cm³/mol. The zero-order valence-electron chi connectivity index (χ0n) is 19.2. The molecule has 2 aromatic rings. The van der Waals surface area contributed by atoms with E-state index < -0.39 is 0 Å². The molecule has 2 aromatic carbocycles. The normalized spacial score (nSPS) is 13.8. The van der Waals surface area contributed by atoms with E-state index >= 15 is 0 Å². The van der Waals surface area contributed by atoms with Crippen LogP contribution in [0, 0.1) is 5.92 Å². The summed E-state index contributed by atoms with van der Waals surface area (Å²) in [4.78, 5) is 27.6. The van der Waals surface area contributed by atoms with Crippen molar-refractivity contribution in [1.82, 2.24) is 4.90 Å². The highest BCUT2D eigenvalue weighted by Crippen LogP contribution is 2.34. The molecule has 0 radical (unpaired) electrons. The van der Waals surface area contributed by atoms with Crippen molar-refractivity contribution in [3.8, 4) is 17.2 Å². The van der Waals surface area contributed by atoms with Crippen LogP contribution < -0.4 is 19.5 Å². The summed E-state index contributed by atoms with van der Waals surface area (Å²) < 4.78 is 16.4. The number of hydrogen-bond acceptors (Lipinski definition) is 6. The van der Waals surface area contributed by atoms with Gasteiger partial charge in [0.2, 0.25) is 0 Å². The Morgan fingerprint density at radius 1 is 0.938 bits per heavy atom. The van der Waals surface area contributed by atoms with Crippen LogP contribution in [0.25, 0.3) is 5.57 Å². The summed E-state index contributed by atoms with van der Waals surface area (Å²) in [6.45, 7) is 7.05. The number of nitrogens with one attached hydrogen (secondary N) is 1. The van der Waals surface area contributed by atoms with Crippen molar-refractivity contribution in [2.75, 3.05) is 32.7 Å². The highest BCUT2D eigenvalue weighted by molar-refractivity contribution is 6.36. The van der Waals surface area contributed by atoms with Gasteiger partial charge in [0, 0.05) is 18.3 Å². The van der Waals surface area contributed by atoms with Gasteiger partial charge in [-0.25, -0.2) is 0 Å². The van der Waals surface area contributed by atoms with Crippen LogP contribution in [0.2, 0.25) is 0 Å². The Bertz CT molecular complexity index is 1010. The number of methoxy groups -OCH3 is 2. The number of hydrogen-bond donors (Lipinski definition) is 1. The number of ether oxygens (including phenoxy) is 3. The van der Waals surface area contributed by atoms with E-state index in [1.54, 1.807) is 32.4 Å². The monoisotopic (exact) mass is 438 g/mol. The van der Waals surface area contributed by atoms with Crippen LogP contribution >= 0.6 is 0 Å². The molecule has 1 aliphatic rings. The number of amides is 2. The third-order valence-corrected chi connectivity index (χ3v) is 4.99. The van der Waals surface area contributed by atoms with Crippen LogP contribution in [-0.4, -0.2) is 44.1 Å². The van der Waals surface area contributed by atoms with Gasteiger partial charge in [0.05, 0.1) is 26.4 Å². The largest absolute Gasteiger partial charge is 0.493 e. The number of rotatable bonds is 10. The van der Waals surface area contributed by atoms with E-state index in [-0.39, 0.29) is 17.5 Å². The minimum Gasteiger partial charge on any atom is -0.493 e. The van der Waals surface area contributed by atoms with Crippen molar-refractivity contribution >= 4 is 23.1 Å². The SMILES string of the molecule is CCCN1C(=O)C(Nc2ccc(OC)c(OC)c2)=C(c2ccc(OCC(C)C)cc2)C1=O. The van der Waals surface area contributed by atoms with Crippen LogP contribution in [0.5, 0.6) is 17.2 Å². The molecule has 1 aliphatic heterocycles. The maximum atomic E-state index is 13.2. The van der Waals surface area contributed by atoms with Gasteiger partial charge in [-0.15, -0.1) is 0 Å². The highest BCUT2D eigenvalue weighted by Gasteiger charge is 2.38. The van der Waals surface area contributed by atoms with E-state index in [0.717, 1.165) is 5.75 Å². The molecule has 32 heavy (non-hydrogen) atoms. The van der Waals surface area contributed by atoms with Gasteiger partial charge in [-0.3, -0.25) is 14.5 Å². The van der Waals surface area contributed by atoms with Gasteiger partial charge in [0.1, 0.15) is 11.4 Å². The molecule has 0 saturated carbocycles. The van der Waals surface area contributed by atoms with E-state index in [4.69, 9.17) is 14.2 Å². The van der Waals surface area contributed by atoms with Gasteiger partial charge in [0.15, 0.2) is 11.5 Å². The Morgan fingerprint density at radius 2 is 1.62 bits per heavy atom. The van der Waals surface area contributed by atoms with Gasteiger partial charge in [0.25, 0.3) is 11.8 Å². The van der Waals surface area contributed by atoms with Crippen molar-refractivity contribution in [3.63, 3.8) is 0 Å². The lowest BCUT2D eigenvalue weighted by molar-refractivity contribution is -0.136. The molecule has 3 rings (SSSR count). The van der Waals surface area contributed by atoms with Gasteiger partial charge < -0.3 is 19.5 Å². The van der Waals surface area contributed by atoms with E-state index in [2.05, 4.69) is 19.2 Å². The standard InChI is InChI=1S/C25H30N2O5/c1-6-13-27-24(28)22(17-7-10-19(11-8-17)32-15-16(2)3)23(25(27)29)26-18-9-12-20(30-4)21(14-18)31-5/h7-12,14,16,26H,6,13,15H2,1-5H3. The lowest BCUT2D eigenvalue weighted by Crippen LogP contribution is -2.33. The first-order chi connectivity index (χ1) is 15.4. The van der Waals surface area contributed by atoms with E-state index in [1.165, 1.54) is 4.90 Å². The minimum atomic E-state index is -0.346. The summed E-state index contributed by atoms with van der Waals surface area (Å²) in [5.41, 5.74) is 1.86. The first kappa shape index (κ1) is 23.2. The van der Waals surface area contributed by atoms with Crippen LogP contribution in [0.1, 0.15) is 32.8 Å². The number of anilines is 1. The summed E-state index contributed by atoms with van der Waals surface area (Å²) in [6.07, 6.45) is 0.677. The van der Waals surface area contributed by atoms with Crippen molar-refractivity contribution in [1.29, 1.82) is 0 Å². The smallest absolute Gasteiger partial charge is 0.278 e. The summed E-state index contributed by atoms with van der Waals surface area (Å²) in [5.74, 6) is 1.57. The first-order valence-corrected chi connectivity index (χ1v) is 10.7. The number of benzene rings is 2. The Hall–Kier alpha value is -3.48. The van der Waals surface area contributed by atoms with Crippen LogP contribution in [0.3, 0.4) is 0 Å². The zero-order valence-corrected chi connectivity index (χ0v) is 19.2. The maximum Gasteiger partial charge on any atom is 0.278 e. The average Bonchev–Trinajstić information content (AvgIpc) is 3.02. The summed E-state index contributed by atoms with van der Waals surface area (Å²) in [5, 5.41) is 3.14. The van der Waals surface area contributed by atoms with Gasteiger partial charge in [-0.05, 0) is 42.2 Å². The molecule has 1 heterocycles. The molecule has 1 N–H and O–H groups in total. The van der Waals surface area contributed by atoms with Crippen LogP contribution in [0.4, 0.5) is 5.69 Å². The van der Waals surface area contributed by atoms with Gasteiger partial charge >= 0.3 is 0 Å². The fourth-order valence-corrected chi connectivity index (χ4v) is 3.43. The molecule has 2 amide bonds. The lowest BCUT2D eigenvalue weighted by atomic mass is 10.0. The Labute approximate surface area is 189 Å². The molecule has 0 bridgehead atoms. The van der Waals surface area contributed by atoms with E-state index in [9.17, 15) is 9.59 Å². The zero-order chi connectivity index (χ0) is 23.3. The number of carbonyl (C=O) groups is 2. The molecular weight excluding hydrogens is 408 g/mol. The molecule has 0 unspecified atom stereocenters. The molecule has 0 aromatic heterocycles. The fourth-order valence-electron chi connectivity index (χ4n) is 3.43. The summed E-state index contributed by atoms with van der Waals surface area (Å²) in [7, 11) is 3.10. The molecule has 7 nitrogen and oxygen atoms in total.